The number of ether oxygens (including phenoxy) is 1. The van der Waals surface area contributed by atoms with Crippen LogP contribution in [-0.4, -0.2) is 40.6 Å². The highest BCUT2D eigenvalue weighted by molar-refractivity contribution is 5.86. The fourth-order valence-electron chi connectivity index (χ4n) is 2.59. The molecule has 6 nitrogen and oxygen atoms in total. The predicted octanol–water partition coefficient (Wildman–Crippen LogP) is 1.79. The average molecular weight is 302 g/mol. The van der Waals surface area contributed by atoms with E-state index in [4.69, 9.17) is 10.00 Å². The number of hydrogen-bond donors (Lipinski definition) is 1. The minimum absolute atomic E-state index is 0.328. The Morgan fingerprint density at radius 3 is 2.82 bits per heavy atom. The molecule has 116 valence electrons. The van der Waals surface area contributed by atoms with Crippen LogP contribution in [0.25, 0.3) is 0 Å². The molecule has 0 radical (unpaired) electrons. The van der Waals surface area contributed by atoms with E-state index in [-0.39, 0.29) is 5.91 Å². The molecule has 1 aliphatic heterocycles. The molecule has 1 aromatic carbocycles. The van der Waals surface area contributed by atoms with Crippen LogP contribution in [0.1, 0.15) is 31.7 Å². The Morgan fingerprint density at radius 2 is 2.14 bits per heavy atom. The normalized spacial score (nSPS) is 19.1. The molecule has 1 aliphatic rings. The number of benzene rings is 1. The molecule has 2 atom stereocenters. The molecule has 1 unspecified atom stereocenters. The van der Waals surface area contributed by atoms with Crippen LogP contribution in [0.5, 0.6) is 5.75 Å². The van der Waals surface area contributed by atoms with Crippen LogP contribution >= 0.6 is 0 Å². The van der Waals surface area contributed by atoms with E-state index in [1.807, 2.05) is 6.07 Å². The maximum Gasteiger partial charge on any atom is 0.326 e. The number of nitriles is 1. The van der Waals surface area contributed by atoms with E-state index in [1.54, 1.807) is 31.2 Å². The highest BCUT2D eigenvalue weighted by Crippen LogP contribution is 2.22. The number of amides is 1. The zero-order valence-corrected chi connectivity index (χ0v) is 12.4. The van der Waals surface area contributed by atoms with Crippen molar-refractivity contribution in [2.75, 3.05) is 6.54 Å². The van der Waals surface area contributed by atoms with Crippen molar-refractivity contribution in [2.24, 2.45) is 0 Å². The number of hydrogen-bond acceptors (Lipinski definition) is 4. The van der Waals surface area contributed by atoms with Crippen molar-refractivity contribution < 1.29 is 19.4 Å². The first kappa shape index (κ1) is 15.8. The summed E-state index contributed by atoms with van der Waals surface area (Å²) in [6, 6.07) is 7.86. The number of rotatable bonds is 4. The average Bonchev–Trinajstić information content (AvgIpc) is 2.54. The third kappa shape index (κ3) is 3.37. The Bertz CT molecular complexity index is 608. The second-order valence-electron chi connectivity index (χ2n) is 5.25. The van der Waals surface area contributed by atoms with Gasteiger partial charge in [-0.3, -0.25) is 4.79 Å². The van der Waals surface area contributed by atoms with Gasteiger partial charge in [-0.2, -0.15) is 5.26 Å². The predicted molar refractivity (Wildman–Crippen MR) is 78.2 cm³/mol. The molecule has 22 heavy (non-hydrogen) atoms. The van der Waals surface area contributed by atoms with Gasteiger partial charge in [-0.05, 0) is 38.3 Å². The number of likely N-dealkylation sites (tertiary alicyclic amines) is 1. The molecule has 1 fully saturated rings. The summed E-state index contributed by atoms with van der Waals surface area (Å²) in [5, 5.41) is 18.3. The van der Waals surface area contributed by atoms with Crippen molar-refractivity contribution in [1.82, 2.24) is 4.90 Å². The molecule has 1 amide bonds. The molecule has 1 saturated heterocycles. The highest BCUT2D eigenvalue weighted by Gasteiger charge is 2.34. The van der Waals surface area contributed by atoms with E-state index in [0.29, 0.717) is 24.3 Å². The van der Waals surface area contributed by atoms with E-state index in [2.05, 4.69) is 0 Å². The van der Waals surface area contributed by atoms with E-state index >= 15 is 0 Å². The number of carboxylic acids is 1. The van der Waals surface area contributed by atoms with Gasteiger partial charge in [0.05, 0.1) is 5.56 Å². The van der Waals surface area contributed by atoms with Crippen molar-refractivity contribution in [2.45, 2.75) is 38.3 Å². The monoisotopic (exact) mass is 302 g/mol. The summed E-state index contributed by atoms with van der Waals surface area (Å²) >= 11 is 0. The quantitative estimate of drug-likeness (QED) is 0.915. The van der Waals surface area contributed by atoms with Gasteiger partial charge in [0.25, 0.3) is 5.91 Å². The number of carboxylic acid groups (broad SMARTS) is 1. The number of carbonyl (C=O) groups excluding carboxylic acids is 1. The number of carbonyl (C=O) groups is 2. The van der Waals surface area contributed by atoms with Crippen molar-refractivity contribution in [3.05, 3.63) is 29.8 Å². The molecule has 6 heteroatoms. The summed E-state index contributed by atoms with van der Waals surface area (Å²) in [6.45, 7) is 1.99. The van der Waals surface area contributed by atoms with Gasteiger partial charge in [0, 0.05) is 6.54 Å². The first-order chi connectivity index (χ1) is 10.5. The van der Waals surface area contributed by atoms with Crippen LogP contribution < -0.4 is 4.74 Å². The second-order valence-corrected chi connectivity index (χ2v) is 5.25. The molecular weight excluding hydrogens is 284 g/mol. The molecule has 1 heterocycles. The Balaban J connectivity index is 2.11. The van der Waals surface area contributed by atoms with Crippen molar-refractivity contribution in [1.29, 1.82) is 5.26 Å². The van der Waals surface area contributed by atoms with Crippen molar-refractivity contribution in [3.63, 3.8) is 0 Å². The van der Waals surface area contributed by atoms with Crippen LogP contribution in [0.15, 0.2) is 24.3 Å². The lowest BCUT2D eigenvalue weighted by Crippen LogP contribution is -2.52. The molecule has 0 bridgehead atoms. The third-order valence-electron chi connectivity index (χ3n) is 3.73. The lowest BCUT2D eigenvalue weighted by atomic mass is 10.0. The first-order valence-electron chi connectivity index (χ1n) is 7.23. The summed E-state index contributed by atoms with van der Waals surface area (Å²) in [4.78, 5) is 25.1. The second kappa shape index (κ2) is 6.94. The fourth-order valence-corrected chi connectivity index (χ4v) is 2.59. The Kier molecular flexibility index (Phi) is 4.99. The molecule has 0 saturated carbocycles. The number of aliphatic carboxylic acids is 1. The number of para-hydroxylation sites is 1. The van der Waals surface area contributed by atoms with Crippen LogP contribution in [-0.2, 0) is 9.59 Å². The smallest absolute Gasteiger partial charge is 0.326 e. The first-order valence-corrected chi connectivity index (χ1v) is 7.23. The standard InChI is InChI=1S/C16H18N2O4/c1-11(22-14-8-3-2-6-12(14)10-17)15(19)18-9-5-4-7-13(18)16(20)21/h2-3,6,8,11,13H,4-5,7,9H2,1H3,(H,20,21)/t11?,13-/m1/s1. The van der Waals surface area contributed by atoms with E-state index in [0.717, 1.165) is 12.8 Å². The molecular formula is C16H18N2O4. The molecule has 2 rings (SSSR count). The Labute approximate surface area is 128 Å². The summed E-state index contributed by atoms with van der Waals surface area (Å²) in [5.74, 6) is -1.02. The SMILES string of the molecule is CC(Oc1ccccc1C#N)C(=O)N1CCCC[C@@H]1C(=O)O. The maximum absolute atomic E-state index is 12.5. The summed E-state index contributed by atoms with van der Waals surface area (Å²) < 4.78 is 5.57. The van der Waals surface area contributed by atoms with Crippen LogP contribution in [0, 0.1) is 11.3 Å². The van der Waals surface area contributed by atoms with E-state index in [1.165, 1.54) is 4.90 Å². The van der Waals surface area contributed by atoms with Gasteiger partial charge in [0.2, 0.25) is 0 Å². The summed E-state index contributed by atoms with van der Waals surface area (Å²) in [7, 11) is 0. The minimum Gasteiger partial charge on any atom is -0.480 e. The largest absolute Gasteiger partial charge is 0.480 e. The van der Waals surface area contributed by atoms with Gasteiger partial charge in [0.15, 0.2) is 6.10 Å². The topological polar surface area (TPSA) is 90.6 Å². The van der Waals surface area contributed by atoms with Gasteiger partial charge in [-0.15, -0.1) is 0 Å². The van der Waals surface area contributed by atoms with Gasteiger partial charge in [0.1, 0.15) is 17.9 Å². The Hall–Kier alpha value is -2.55. The van der Waals surface area contributed by atoms with Crippen LogP contribution in [0.2, 0.25) is 0 Å². The Morgan fingerprint density at radius 1 is 1.41 bits per heavy atom. The number of piperidine rings is 1. The minimum atomic E-state index is -0.988. The van der Waals surface area contributed by atoms with E-state index in [9.17, 15) is 14.7 Å². The summed E-state index contributed by atoms with van der Waals surface area (Å²) in [5.41, 5.74) is 0.343. The van der Waals surface area contributed by atoms with E-state index < -0.39 is 18.1 Å². The maximum atomic E-state index is 12.5. The van der Waals surface area contributed by atoms with Gasteiger partial charge >= 0.3 is 5.97 Å². The fraction of sp³-hybridized carbons (Fsp3) is 0.438. The molecule has 0 aliphatic carbocycles. The third-order valence-corrected chi connectivity index (χ3v) is 3.73. The van der Waals surface area contributed by atoms with Crippen LogP contribution in [0.4, 0.5) is 0 Å². The van der Waals surface area contributed by atoms with Gasteiger partial charge in [-0.25, -0.2) is 4.79 Å². The number of nitrogens with zero attached hydrogens (tertiary/aromatic N) is 2. The lowest BCUT2D eigenvalue weighted by Gasteiger charge is -2.34. The van der Waals surface area contributed by atoms with Gasteiger partial charge in [-0.1, -0.05) is 12.1 Å². The zero-order valence-electron chi connectivity index (χ0n) is 12.4. The zero-order chi connectivity index (χ0) is 16.1. The highest BCUT2D eigenvalue weighted by atomic mass is 16.5. The molecule has 1 N–H and O–H groups in total. The summed E-state index contributed by atoms with van der Waals surface area (Å²) in [6.07, 6.45) is 1.21. The molecule has 0 aromatic heterocycles. The molecule has 0 spiro atoms. The van der Waals surface area contributed by atoms with Crippen molar-refractivity contribution >= 4 is 11.9 Å². The van der Waals surface area contributed by atoms with Crippen LogP contribution in [0.3, 0.4) is 0 Å². The molecule has 1 aromatic rings. The van der Waals surface area contributed by atoms with Crippen molar-refractivity contribution in [3.8, 4) is 11.8 Å². The lowest BCUT2D eigenvalue weighted by molar-refractivity contribution is -0.155. The van der Waals surface area contributed by atoms with Gasteiger partial charge < -0.3 is 14.7 Å².